The standard InChI is InChI=1S/C18H16N6.C12H10BrN5.C6H8BNO2/c19-15-3-1-2-14(10-15)16-12-24-9-8-21-18(24)17(23-16)22-11-13-4-6-20-7-5-13;13-10-8-18-6-5-15-12(18)11(17-10)16-7-9-1-3-14-4-2-9;8-6-3-1-2-5(4-6)7(9)10/h1-10,12H,11,19H2,(H,22,23);1-6,8H,7H2,(H,16,17);1-4,9-10H,8H2. The Morgan fingerprint density at radius 3 is 1.73 bits per heavy atom. The number of hydrogen-bond acceptors (Lipinski definition) is 12. The van der Waals surface area contributed by atoms with Gasteiger partial charge >= 0.3 is 7.12 Å². The fourth-order valence-electron chi connectivity index (χ4n) is 5.00. The molecule has 0 saturated heterocycles. The van der Waals surface area contributed by atoms with Gasteiger partial charge in [0.2, 0.25) is 0 Å². The summed E-state index contributed by atoms with van der Waals surface area (Å²) in [4.78, 5) is 25.8. The van der Waals surface area contributed by atoms with Crippen molar-refractivity contribution >= 4 is 62.8 Å². The van der Waals surface area contributed by atoms with Crippen LogP contribution in [0.1, 0.15) is 11.1 Å². The molecule has 16 heteroatoms. The van der Waals surface area contributed by atoms with Crippen molar-refractivity contribution in [2.24, 2.45) is 0 Å². The first-order valence-corrected chi connectivity index (χ1v) is 16.8. The van der Waals surface area contributed by atoms with Crippen molar-refractivity contribution < 1.29 is 10.0 Å². The van der Waals surface area contributed by atoms with Crippen LogP contribution in [-0.2, 0) is 13.1 Å². The molecule has 52 heavy (non-hydrogen) atoms. The van der Waals surface area contributed by atoms with Gasteiger partial charge in [-0.2, -0.15) is 0 Å². The Kier molecular flexibility index (Phi) is 11.6. The highest BCUT2D eigenvalue weighted by Crippen LogP contribution is 2.24. The second-order valence-corrected chi connectivity index (χ2v) is 12.1. The number of benzene rings is 2. The highest BCUT2D eigenvalue weighted by Gasteiger charge is 2.11. The second-order valence-electron chi connectivity index (χ2n) is 11.3. The Morgan fingerprint density at radius 1 is 0.654 bits per heavy atom. The van der Waals surface area contributed by atoms with Crippen LogP contribution < -0.4 is 27.6 Å². The number of nitrogens with two attached hydrogens (primary N) is 2. The van der Waals surface area contributed by atoms with Crippen molar-refractivity contribution in [2.45, 2.75) is 13.1 Å². The minimum Gasteiger partial charge on any atom is -0.423 e. The summed E-state index contributed by atoms with van der Waals surface area (Å²) in [7, 11) is -1.43. The monoisotopic (exact) mass is 756 g/mol. The highest BCUT2D eigenvalue weighted by atomic mass is 79.9. The average Bonchev–Trinajstić information content (AvgIpc) is 3.84. The number of nitrogens with zero attached hydrogens (tertiary/aromatic N) is 8. The van der Waals surface area contributed by atoms with Crippen molar-refractivity contribution in [1.29, 1.82) is 0 Å². The Hall–Kier alpha value is -6.36. The van der Waals surface area contributed by atoms with Crippen LogP contribution >= 0.6 is 15.9 Å². The molecule has 6 aromatic heterocycles. The summed E-state index contributed by atoms with van der Waals surface area (Å²) in [5.74, 6) is 1.49. The number of nitrogens with one attached hydrogen (secondary N) is 2. The van der Waals surface area contributed by atoms with Crippen LogP contribution in [0.5, 0.6) is 0 Å². The summed E-state index contributed by atoms with van der Waals surface area (Å²) < 4.78 is 4.65. The molecule has 6 heterocycles. The summed E-state index contributed by atoms with van der Waals surface area (Å²) in [5, 5.41) is 23.9. The van der Waals surface area contributed by atoms with Gasteiger partial charge in [0.05, 0.1) is 5.69 Å². The minimum absolute atomic E-state index is 0.417. The molecular formula is C36H34BBrN12O2. The quantitative estimate of drug-likeness (QED) is 0.0942. The Balaban J connectivity index is 0.000000146. The number of hydrogen-bond donors (Lipinski definition) is 6. The fourth-order valence-corrected chi connectivity index (χ4v) is 5.40. The van der Waals surface area contributed by atoms with Crippen LogP contribution in [0, 0.1) is 0 Å². The molecule has 0 spiro atoms. The maximum absolute atomic E-state index is 8.65. The smallest absolute Gasteiger partial charge is 0.423 e. The molecular weight excluding hydrogens is 723 g/mol. The lowest BCUT2D eigenvalue weighted by atomic mass is 9.80. The molecule has 8 aromatic rings. The molecule has 8 rings (SSSR count). The van der Waals surface area contributed by atoms with E-state index in [0.717, 1.165) is 49.9 Å². The highest BCUT2D eigenvalue weighted by molar-refractivity contribution is 9.10. The third-order valence-electron chi connectivity index (χ3n) is 7.53. The van der Waals surface area contributed by atoms with Crippen molar-refractivity contribution in [2.75, 3.05) is 22.1 Å². The molecule has 0 amide bonds. The summed E-state index contributed by atoms with van der Waals surface area (Å²) in [6.07, 6.45) is 18.2. The predicted molar refractivity (Wildman–Crippen MR) is 207 cm³/mol. The Morgan fingerprint density at radius 2 is 1.19 bits per heavy atom. The molecule has 0 radical (unpaired) electrons. The van der Waals surface area contributed by atoms with E-state index >= 15 is 0 Å². The summed E-state index contributed by atoms with van der Waals surface area (Å²) in [5.41, 5.74) is 18.6. The maximum atomic E-state index is 8.65. The van der Waals surface area contributed by atoms with Crippen molar-refractivity contribution in [3.8, 4) is 11.3 Å². The topological polar surface area (TPSA) is 203 Å². The number of fused-ring (bicyclic) bond motifs is 2. The maximum Gasteiger partial charge on any atom is 0.488 e. The molecule has 14 nitrogen and oxygen atoms in total. The zero-order valence-electron chi connectivity index (χ0n) is 27.7. The van der Waals surface area contributed by atoms with Gasteiger partial charge in [0.25, 0.3) is 0 Å². The molecule has 260 valence electrons. The van der Waals surface area contributed by atoms with Crippen molar-refractivity contribution in [3.63, 3.8) is 0 Å². The first kappa shape index (κ1) is 35.5. The second kappa shape index (κ2) is 17.0. The van der Waals surface area contributed by atoms with E-state index < -0.39 is 7.12 Å². The number of rotatable bonds is 8. The average molecular weight is 757 g/mol. The first-order valence-electron chi connectivity index (χ1n) is 16.0. The minimum atomic E-state index is -1.43. The van der Waals surface area contributed by atoms with Crippen LogP contribution in [0.15, 0.2) is 139 Å². The van der Waals surface area contributed by atoms with E-state index in [9.17, 15) is 0 Å². The number of imidazole rings is 2. The third-order valence-corrected chi connectivity index (χ3v) is 7.91. The third kappa shape index (κ3) is 9.45. The van der Waals surface area contributed by atoms with Crippen LogP contribution in [0.25, 0.3) is 22.6 Å². The van der Waals surface area contributed by atoms with Crippen molar-refractivity contribution in [3.05, 3.63) is 150 Å². The molecule has 0 aliphatic heterocycles. The Labute approximate surface area is 307 Å². The summed E-state index contributed by atoms with van der Waals surface area (Å²) in [6, 6.07) is 22.0. The molecule has 8 N–H and O–H groups in total. The van der Waals surface area contributed by atoms with E-state index in [1.807, 2.05) is 82.1 Å². The molecule has 0 atom stereocenters. The fraction of sp³-hybridized carbons (Fsp3) is 0.0556. The zero-order chi connectivity index (χ0) is 36.3. The molecule has 0 aliphatic carbocycles. The lowest BCUT2D eigenvalue weighted by molar-refractivity contribution is 0.426. The number of nitrogen functional groups attached to an aromatic ring is 2. The van der Waals surface area contributed by atoms with Crippen LogP contribution in [0.3, 0.4) is 0 Å². The van der Waals surface area contributed by atoms with Gasteiger partial charge in [0, 0.05) is 92.0 Å². The van der Waals surface area contributed by atoms with Gasteiger partial charge in [0.1, 0.15) is 4.60 Å². The van der Waals surface area contributed by atoms with E-state index in [1.165, 1.54) is 6.07 Å². The van der Waals surface area contributed by atoms with Gasteiger partial charge in [0.15, 0.2) is 22.9 Å². The lowest BCUT2D eigenvalue weighted by Crippen LogP contribution is -2.29. The van der Waals surface area contributed by atoms with Crippen LogP contribution in [0.4, 0.5) is 23.0 Å². The van der Waals surface area contributed by atoms with Gasteiger partial charge in [-0.3, -0.25) is 9.97 Å². The van der Waals surface area contributed by atoms with E-state index in [0.29, 0.717) is 29.9 Å². The number of halogens is 1. The molecule has 2 aromatic carbocycles. The number of pyridine rings is 2. The molecule has 0 fully saturated rings. The van der Waals surface area contributed by atoms with Crippen LogP contribution in [0.2, 0.25) is 0 Å². The zero-order valence-corrected chi connectivity index (χ0v) is 29.3. The predicted octanol–water partition coefficient (Wildman–Crippen LogP) is 4.43. The molecule has 0 aliphatic rings. The van der Waals surface area contributed by atoms with E-state index in [1.54, 1.807) is 55.4 Å². The number of anilines is 4. The van der Waals surface area contributed by atoms with Gasteiger partial charge in [-0.25, -0.2) is 19.9 Å². The van der Waals surface area contributed by atoms with Gasteiger partial charge in [-0.1, -0.05) is 24.3 Å². The Bertz CT molecular complexity index is 2360. The summed E-state index contributed by atoms with van der Waals surface area (Å²) >= 11 is 3.38. The summed E-state index contributed by atoms with van der Waals surface area (Å²) in [6.45, 7) is 1.34. The van der Waals surface area contributed by atoms with Gasteiger partial charge in [-0.15, -0.1) is 0 Å². The lowest BCUT2D eigenvalue weighted by Gasteiger charge is -2.10. The van der Waals surface area contributed by atoms with E-state index in [2.05, 4.69) is 51.5 Å². The molecule has 0 bridgehead atoms. The van der Waals surface area contributed by atoms with E-state index in [4.69, 9.17) is 26.5 Å². The number of aromatic nitrogens is 8. The molecule has 0 unspecified atom stereocenters. The van der Waals surface area contributed by atoms with Crippen LogP contribution in [-0.4, -0.2) is 55.9 Å². The van der Waals surface area contributed by atoms with Gasteiger partial charge in [-0.05, 0) is 81.1 Å². The van der Waals surface area contributed by atoms with E-state index in [-0.39, 0.29) is 0 Å². The van der Waals surface area contributed by atoms with Crippen molar-refractivity contribution in [1.82, 2.24) is 38.7 Å². The van der Waals surface area contributed by atoms with Gasteiger partial charge < -0.3 is 41.0 Å². The normalized spacial score (nSPS) is 10.5. The largest absolute Gasteiger partial charge is 0.488 e. The SMILES string of the molecule is Brc1cn2ccnc2c(NCc2ccncc2)n1.Nc1cccc(-c2cn3ccnc3c(NCc3ccncc3)n2)c1.Nc1cccc(B(O)O)c1. The first-order chi connectivity index (χ1) is 25.3. The molecule has 0 saturated carbocycles.